The summed E-state index contributed by atoms with van der Waals surface area (Å²) in [6.07, 6.45) is -10.3. The number of carbonyl (C=O) groups is 2. The molecule has 3 heterocycles. The Hall–Kier alpha value is -5.13. The topological polar surface area (TPSA) is 129 Å². The molecule has 4 aromatic rings. The minimum Gasteiger partial charge on any atom is -0.463 e. The van der Waals surface area contributed by atoms with E-state index in [9.17, 15) is 40.3 Å². The van der Waals surface area contributed by atoms with Gasteiger partial charge in [0.25, 0.3) is 18.8 Å². The van der Waals surface area contributed by atoms with Crippen molar-refractivity contribution in [2.75, 3.05) is 6.61 Å². The Morgan fingerprint density at radius 3 is 2.25 bits per heavy atom. The van der Waals surface area contributed by atoms with Gasteiger partial charge in [0.15, 0.2) is 17.3 Å². The number of guanidine groups is 1. The lowest BCUT2D eigenvalue weighted by atomic mass is 9.75. The van der Waals surface area contributed by atoms with Crippen molar-refractivity contribution >= 4 is 29.4 Å². The van der Waals surface area contributed by atoms with Gasteiger partial charge in [0.2, 0.25) is 0 Å². The zero-order valence-corrected chi connectivity index (χ0v) is 30.7. The molecule has 298 valence electrons. The van der Waals surface area contributed by atoms with Crippen molar-refractivity contribution in [3.8, 4) is 16.8 Å². The third-order valence-electron chi connectivity index (χ3n) is 9.67. The molecule has 2 aliphatic rings. The molecule has 19 heteroatoms. The maximum atomic E-state index is 16.4. The summed E-state index contributed by atoms with van der Waals surface area (Å²) in [4.78, 5) is 40.6. The van der Waals surface area contributed by atoms with Crippen LogP contribution in [0.5, 0.6) is 0 Å². The van der Waals surface area contributed by atoms with Gasteiger partial charge in [-0.3, -0.25) is 19.5 Å². The summed E-state index contributed by atoms with van der Waals surface area (Å²) in [6, 6.07) is 8.67. The molecule has 0 radical (unpaired) electrons. The molecule has 1 aliphatic heterocycles. The lowest BCUT2D eigenvalue weighted by Gasteiger charge is -2.35. The Morgan fingerprint density at radius 2 is 1.68 bits per heavy atom. The maximum Gasteiger partial charge on any atom is 0.395 e. The van der Waals surface area contributed by atoms with Gasteiger partial charge >= 0.3 is 12.1 Å². The van der Waals surface area contributed by atoms with Crippen LogP contribution in [0.15, 0.2) is 66.0 Å². The number of aliphatic imine (C=N–C) groups is 1. The average molecular weight is 812 g/mol. The van der Waals surface area contributed by atoms with E-state index in [1.54, 1.807) is 20.8 Å². The van der Waals surface area contributed by atoms with Gasteiger partial charge in [-0.15, -0.1) is 0 Å². The number of amides is 1. The Morgan fingerprint density at radius 1 is 0.982 bits per heavy atom. The predicted molar refractivity (Wildman–Crippen MR) is 186 cm³/mol. The number of nitrogens with zero attached hydrogens (tertiary/aromatic N) is 6. The van der Waals surface area contributed by atoms with Gasteiger partial charge in [-0.25, -0.2) is 36.6 Å². The number of hydrogen-bond acceptors (Lipinski definition) is 8. The van der Waals surface area contributed by atoms with Crippen LogP contribution in [0.3, 0.4) is 0 Å². The fourth-order valence-corrected chi connectivity index (χ4v) is 7.00. The molecule has 1 amide bonds. The predicted octanol–water partition coefficient (Wildman–Crippen LogP) is 8.80. The third-order valence-corrected chi connectivity index (χ3v) is 9.99. The number of nitrogens with two attached hydrogens (primary N) is 1. The van der Waals surface area contributed by atoms with E-state index in [0.29, 0.717) is 5.56 Å². The normalized spacial score (nSPS) is 18.8. The van der Waals surface area contributed by atoms with E-state index in [2.05, 4.69) is 20.1 Å². The summed E-state index contributed by atoms with van der Waals surface area (Å²) >= 11 is 6.40. The summed E-state index contributed by atoms with van der Waals surface area (Å²) in [5.41, 5.74) is 1.20. The van der Waals surface area contributed by atoms with Crippen molar-refractivity contribution in [3.63, 3.8) is 0 Å². The van der Waals surface area contributed by atoms with Crippen LogP contribution in [0.1, 0.15) is 88.0 Å². The highest BCUT2D eigenvalue weighted by molar-refractivity contribution is 6.32. The van der Waals surface area contributed by atoms with Crippen LogP contribution in [0.25, 0.3) is 16.8 Å². The first kappa shape index (κ1) is 40.5. The van der Waals surface area contributed by atoms with Crippen molar-refractivity contribution in [2.45, 2.75) is 77.1 Å². The highest BCUT2D eigenvalue weighted by atomic mass is 35.5. The second-order valence-electron chi connectivity index (χ2n) is 14.9. The van der Waals surface area contributed by atoms with Crippen LogP contribution in [-0.2, 0) is 19.9 Å². The Kier molecular flexibility index (Phi) is 10.7. The molecule has 1 aliphatic carbocycles. The minimum atomic E-state index is -4.67. The SMILES string of the molecule is CC(C)(C)C[C@]1(c2ccc(-c3ccc(C(F)F)nc3)cc2F)N=C(N)N([C@H](COC(=O)CC2(C(F)(F)F)CC2)c2ccc(Cl)c(-n3ncnc3C(F)F)c2)C1=O. The van der Waals surface area contributed by atoms with Gasteiger partial charge in [-0.1, -0.05) is 56.6 Å². The van der Waals surface area contributed by atoms with Gasteiger partial charge in [0, 0.05) is 17.3 Å². The number of carbonyl (C=O) groups excluding carboxylic acids is 2. The molecule has 10 nitrogen and oxygen atoms in total. The second kappa shape index (κ2) is 14.7. The summed E-state index contributed by atoms with van der Waals surface area (Å²) in [5.74, 6) is -4.30. The highest BCUT2D eigenvalue weighted by Gasteiger charge is 2.64. The van der Waals surface area contributed by atoms with Gasteiger partial charge in [-0.2, -0.15) is 18.3 Å². The number of esters is 1. The number of hydrogen-bond donors (Lipinski definition) is 1. The molecule has 1 saturated carbocycles. The smallest absolute Gasteiger partial charge is 0.395 e. The summed E-state index contributed by atoms with van der Waals surface area (Å²) in [5, 5.41) is 3.75. The van der Waals surface area contributed by atoms with Crippen LogP contribution in [0.4, 0.5) is 35.1 Å². The first-order valence-electron chi connectivity index (χ1n) is 17.1. The van der Waals surface area contributed by atoms with E-state index in [0.717, 1.165) is 34.2 Å². The molecule has 2 atom stereocenters. The highest BCUT2D eigenvalue weighted by Crippen LogP contribution is 2.60. The molecular formula is C37H34ClF8N7O3. The van der Waals surface area contributed by atoms with E-state index >= 15 is 4.39 Å². The number of alkyl halides is 7. The molecule has 0 bridgehead atoms. The quantitative estimate of drug-likeness (QED) is 0.112. The monoisotopic (exact) mass is 811 g/mol. The molecule has 1 fully saturated rings. The van der Waals surface area contributed by atoms with Crippen molar-refractivity contribution < 1.29 is 49.4 Å². The van der Waals surface area contributed by atoms with Gasteiger partial charge in [-0.05, 0) is 60.1 Å². The average Bonchev–Trinajstić information content (AvgIpc) is 3.66. The fraction of sp³-hybridized carbons (Fsp3) is 0.405. The number of pyridine rings is 1. The minimum absolute atomic E-state index is 0.0542. The number of aromatic nitrogens is 4. The first-order chi connectivity index (χ1) is 26.2. The van der Waals surface area contributed by atoms with Crippen molar-refractivity contribution in [3.05, 3.63) is 94.5 Å². The fourth-order valence-electron chi connectivity index (χ4n) is 6.80. The Bertz CT molecular complexity index is 2170. The molecular weight excluding hydrogens is 778 g/mol. The molecule has 0 saturated heterocycles. The first-order valence-corrected chi connectivity index (χ1v) is 17.5. The molecule has 6 rings (SSSR count). The third kappa shape index (κ3) is 7.79. The number of rotatable bonds is 12. The van der Waals surface area contributed by atoms with Crippen LogP contribution < -0.4 is 5.73 Å². The van der Waals surface area contributed by atoms with Crippen LogP contribution >= 0.6 is 11.6 Å². The standard InChI is InChI=1S/C37H34ClF8N7O3/c1-34(2,3)17-36(22-7-4-19(12-24(22)39)21-6-9-25(29(40)41)48-15-21)32(55)52(33(47)51-36)27(16-56-28(54)14-35(10-11-35)37(44,45)46)20-5-8-23(38)26(13-20)53-31(30(42)43)49-18-50-53/h4-9,12-13,15,18,27,29-30H,10-11,14,16-17H2,1-3H3,(H2,47,51)/t27-,36-/m1/s1. The molecule has 2 N–H and O–H groups in total. The Balaban J connectivity index is 1.42. The van der Waals surface area contributed by atoms with Crippen molar-refractivity contribution in [1.29, 1.82) is 0 Å². The number of halogens is 9. The molecule has 2 aromatic carbocycles. The van der Waals surface area contributed by atoms with Crippen molar-refractivity contribution in [2.24, 2.45) is 21.6 Å². The van der Waals surface area contributed by atoms with Crippen LogP contribution in [0.2, 0.25) is 5.02 Å². The van der Waals surface area contributed by atoms with E-state index in [4.69, 9.17) is 22.1 Å². The largest absolute Gasteiger partial charge is 0.463 e. The second-order valence-corrected chi connectivity index (χ2v) is 15.3. The van der Waals surface area contributed by atoms with Crippen molar-refractivity contribution in [1.82, 2.24) is 24.6 Å². The zero-order valence-electron chi connectivity index (χ0n) is 29.9. The molecule has 0 spiro atoms. The van der Waals surface area contributed by atoms with E-state index < -0.39 is 89.6 Å². The summed E-state index contributed by atoms with van der Waals surface area (Å²) < 4.78 is 118. The number of benzene rings is 2. The summed E-state index contributed by atoms with van der Waals surface area (Å²) in [6.45, 7) is 4.49. The van der Waals surface area contributed by atoms with Crippen LogP contribution in [0, 0.1) is 16.6 Å². The molecule has 0 unspecified atom stereocenters. The van der Waals surface area contributed by atoms with E-state index in [1.807, 2.05) is 0 Å². The van der Waals surface area contributed by atoms with E-state index in [1.165, 1.54) is 36.4 Å². The van der Waals surface area contributed by atoms with E-state index in [-0.39, 0.29) is 46.7 Å². The van der Waals surface area contributed by atoms with Gasteiger partial charge in [0.1, 0.15) is 24.4 Å². The lowest BCUT2D eigenvalue weighted by molar-refractivity contribution is -0.195. The zero-order chi connectivity index (χ0) is 41.0. The molecule has 2 aromatic heterocycles. The van der Waals surface area contributed by atoms with Gasteiger partial charge in [0.05, 0.1) is 28.6 Å². The molecule has 56 heavy (non-hydrogen) atoms. The lowest BCUT2D eigenvalue weighted by Crippen LogP contribution is -2.47. The Labute approximate surface area is 319 Å². The van der Waals surface area contributed by atoms with Crippen LogP contribution in [-0.4, -0.2) is 55.3 Å². The summed E-state index contributed by atoms with van der Waals surface area (Å²) in [7, 11) is 0. The number of ether oxygens (including phenoxy) is 1. The maximum absolute atomic E-state index is 16.4. The van der Waals surface area contributed by atoms with Gasteiger partial charge < -0.3 is 10.5 Å².